The summed E-state index contributed by atoms with van der Waals surface area (Å²) in [7, 11) is 0. The molecule has 0 amide bonds. The lowest BCUT2D eigenvalue weighted by atomic mass is 9.96. The van der Waals surface area contributed by atoms with Crippen molar-refractivity contribution in [1.82, 2.24) is 0 Å². The van der Waals surface area contributed by atoms with E-state index in [0.29, 0.717) is 6.61 Å². The van der Waals surface area contributed by atoms with E-state index < -0.39 is 0 Å². The Kier molecular flexibility index (Phi) is 3.75. The molecule has 0 radical (unpaired) electrons. The standard InChI is InChI=1S/C18H21NO/c1-2-20-17-10-8-14(9-11-17)18(19)16-7-6-13-4-3-5-15(13)12-16/h6-12,18H,2-5,19H2,1H3. The Morgan fingerprint density at radius 2 is 1.70 bits per heavy atom. The molecule has 2 aromatic rings. The zero-order valence-electron chi connectivity index (χ0n) is 11.9. The summed E-state index contributed by atoms with van der Waals surface area (Å²) in [5.74, 6) is 0.900. The highest BCUT2D eigenvalue weighted by Gasteiger charge is 2.14. The summed E-state index contributed by atoms with van der Waals surface area (Å²) in [4.78, 5) is 0. The van der Waals surface area contributed by atoms with Gasteiger partial charge in [0.25, 0.3) is 0 Å². The van der Waals surface area contributed by atoms with Gasteiger partial charge >= 0.3 is 0 Å². The first-order chi connectivity index (χ1) is 9.78. The Hall–Kier alpha value is -1.80. The molecule has 0 heterocycles. The largest absolute Gasteiger partial charge is 0.494 e. The first-order valence-corrected chi connectivity index (χ1v) is 7.38. The second-order valence-corrected chi connectivity index (χ2v) is 5.36. The first-order valence-electron chi connectivity index (χ1n) is 7.38. The maximum atomic E-state index is 6.39. The SMILES string of the molecule is CCOc1ccc(C(N)c2ccc3c(c2)CCC3)cc1. The van der Waals surface area contributed by atoms with E-state index in [9.17, 15) is 0 Å². The molecular weight excluding hydrogens is 246 g/mol. The van der Waals surface area contributed by atoms with E-state index in [1.165, 1.54) is 36.0 Å². The normalized spacial score (nSPS) is 14.9. The van der Waals surface area contributed by atoms with Crippen molar-refractivity contribution < 1.29 is 4.74 Å². The molecule has 1 unspecified atom stereocenters. The van der Waals surface area contributed by atoms with E-state index in [2.05, 4.69) is 30.3 Å². The molecule has 0 saturated carbocycles. The highest BCUT2D eigenvalue weighted by Crippen LogP contribution is 2.28. The Morgan fingerprint density at radius 1 is 1.00 bits per heavy atom. The van der Waals surface area contributed by atoms with Crippen molar-refractivity contribution in [3.63, 3.8) is 0 Å². The minimum atomic E-state index is -0.0587. The molecule has 0 bridgehead atoms. The molecule has 2 heteroatoms. The lowest BCUT2D eigenvalue weighted by molar-refractivity contribution is 0.340. The van der Waals surface area contributed by atoms with Crippen LogP contribution in [0.2, 0.25) is 0 Å². The molecule has 1 aliphatic rings. The van der Waals surface area contributed by atoms with Crippen LogP contribution in [0.15, 0.2) is 42.5 Å². The number of ether oxygens (including phenoxy) is 1. The molecule has 0 fully saturated rings. The Balaban J connectivity index is 1.82. The van der Waals surface area contributed by atoms with Gasteiger partial charge in [0.2, 0.25) is 0 Å². The van der Waals surface area contributed by atoms with Gasteiger partial charge in [0.1, 0.15) is 5.75 Å². The van der Waals surface area contributed by atoms with E-state index >= 15 is 0 Å². The second kappa shape index (κ2) is 5.68. The highest BCUT2D eigenvalue weighted by molar-refractivity contribution is 5.40. The van der Waals surface area contributed by atoms with Gasteiger partial charge in [-0.1, -0.05) is 30.3 Å². The predicted molar refractivity (Wildman–Crippen MR) is 82.1 cm³/mol. The fraction of sp³-hybridized carbons (Fsp3) is 0.333. The Bertz CT molecular complexity index is 589. The molecular formula is C18H21NO. The van der Waals surface area contributed by atoms with Crippen molar-refractivity contribution in [3.05, 3.63) is 64.7 Å². The van der Waals surface area contributed by atoms with Crippen molar-refractivity contribution in [3.8, 4) is 5.75 Å². The Morgan fingerprint density at radius 3 is 2.45 bits per heavy atom. The van der Waals surface area contributed by atoms with Gasteiger partial charge in [-0.2, -0.15) is 0 Å². The number of benzene rings is 2. The van der Waals surface area contributed by atoms with Crippen LogP contribution in [0.3, 0.4) is 0 Å². The molecule has 3 rings (SSSR count). The molecule has 0 aromatic heterocycles. The summed E-state index contributed by atoms with van der Waals surface area (Å²) in [6, 6.07) is 14.7. The molecule has 0 saturated heterocycles. The van der Waals surface area contributed by atoms with Gasteiger partial charge in [-0.05, 0) is 60.6 Å². The molecule has 104 valence electrons. The number of nitrogens with two attached hydrogens (primary N) is 1. The van der Waals surface area contributed by atoms with Crippen LogP contribution in [0.25, 0.3) is 0 Å². The third-order valence-electron chi connectivity index (χ3n) is 4.03. The molecule has 0 spiro atoms. The maximum absolute atomic E-state index is 6.39. The van der Waals surface area contributed by atoms with Gasteiger partial charge in [-0.25, -0.2) is 0 Å². The van der Waals surface area contributed by atoms with Crippen molar-refractivity contribution >= 4 is 0 Å². The van der Waals surface area contributed by atoms with E-state index in [-0.39, 0.29) is 6.04 Å². The topological polar surface area (TPSA) is 35.2 Å². The quantitative estimate of drug-likeness (QED) is 0.918. The van der Waals surface area contributed by atoms with E-state index in [4.69, 9.17) is 10.5 Å². The second-order valence-electron chi connectivity index (χ2n) is 5.36. The summed E-state index contributed by atoms with van der Waals surface area (Å²) < 4.78 is 5.47. The van der Waals surface area contributed by atoms with Crippen LogP contribution >= 0.6 is 0 Å². The predicted octanol–water partition coefficient (Wildman–Crippen LogP) is 3.62. The smallest absolute Gasteiger partial charge is 0.119 e. The summed E-state index contributed by atoms with van der Waals surface area (Å²) in [5, 5.41) is 0. The van der Waals surface area contributed by atoms with Crippen LogP contribution < -0.4 is 10.5 Å². The Labute approximate surface area is 120 Å². The summed E-state index contributed by atoms with van der Waals surface area (Å²) in [6.45, 7) is 2.68. The number of rotatable bonds is 4. The minimum absolute atomic E-state index is 0.0587. The molecule has 1 atom stereocenters. The zero-order chi connectivity index (χ0) is 13.9. The average molecular weight is 267 g/mol. The third-order valence-corrected chi connectivity index (χ3v) is 4.03. The lowest BCUT2D eigenvalue weighted by Gasteiger charge is -2.15. The van der Waals surface area contributed by atoms with Crippen molar-refractivity contribution in [2.75, 3.05) is 6.61 Å². The van der Waals surface area contributed by atoms with E-state index in [1.54, 1.807) is 0 Å². The van der Waals surface area contributed by atoms with Crippen LogP contribution in [0.4, 0.5) is 0 Å². The van der Waals surface area contributed by atoms with Crippen molar-refractivity contribution in [2.45, 2.75) is 32.2 Å². The molecule has 0 aliphatic heterocycles. The summed E-state index contributed by atoms with van der Waals surface area (Å²) in [5.41, 5.74) is 11.7. The molecule has 1 aliphatic carbocycles. The van der Waals surface area contributed by atoms with Crippen LogP contribution in [0.1, 0.15) is 41.6 Å². The first kappa shape index (κ1) is 13.2. The monoisotopic (exact) mass is 267 g/mol. The molecule has 2 N–H and O–H groups in total. The van der Waals surface area contributed by atoms with Gasteiger partial charge < -0.3 is 10.5 Å². The number of hydrogen-bond donors (Lipinski definition) is 1. The lowest BCUT2D eigenvalue weighted by Crippen LogP contribution is -2.12. The highest BCUT2D eigenvalue weighted by atomic mass is 16.5. The van der Waals surface area contributed by atoms with Crippen LogP contribution in [-0.2, 0) is 12.8 Å². The molecule has 2 nitrogen and oxygen atoms in total. The van der Waals surface area contributed by atoms with Gasteiger partial charge in [-0.3, -0.25) is 0 Å². The van der Waals surface area contributed by atoms with Gasteiger partial charge in [0.05, 0.1) is 12.6 Å². The third kappa shape index (κ3) is 2.56. The zero-order valence-corrected chi connectivity index (χ0v) is 11.9. The fourth-order valence-corrected chi connectivity index (χ4v) is 2.92. The van der Waals surface area contributed by atoms with Crippen molar-refractivity contribution in [1.29, 1.82) is 0 Å². The number of hydrogen-bond acceptors (Lipinski definition) is 2. The van der Waals surface area contributed by atoms with E-state index in [1.807, 2.05) is 19.1 Å². The number of fused-ring (bicyclic) bond motifs is 1. The van der Waals surface area contributed by atoms with Crippen LogP contribution in [0, 0.1) is 0 Å². The molecule has 20 heavy (non-hydrogen) atoms. The minimum Gasteiger partial charge on any atom is -0.494 e. The number of aryl methyl sites for hydroxylation is 2. The summed E-state index contributed by atoms with van der Waals surface area (Å²) in [6.07, 6.45) is 3.68. The molecule has 2 aromatic carbocycles. The van der Waals surface area contributed by atoms with Gasteiger partial charge in [0.15, 0.2) is 0 Å². The van der Waals surface area contributed by atoms with Crippen molar-refractivity contribution in [2.24, 2.45) is 5.73 Å². The maximum Gasteiger partial charge on any atom is 0.119 e. The van der Waals surface area contributed by atoms with Gasteiger partial charge in [0, 0.05) is 0 Å². The fourth-order valence-electron chi connectivity index (χ4n) is 2.92. The average Bonchev–Trinajstić information content (AvgIpc) is 2.95. The van der Waals surface area contributed by atoms with Crippen LogP contribution in [-0.4, -0.2) is 6.61 Å². The van der Waals surface area contributed by atoms with Gasteiger partial charge in [-0.15, -0.1) is 0 Å². The van der Waals surface area contributed by atoms with E-state index in [0.717, 1.165) is 11.3 Å². The van der Waals surface area contributed by atoms with Crippen LogP contribution in [0.5, 0.6) is 5.75 Å². The summed E-state index contributed by atoms with van der Waals surface area (Å²) >= 11 is 0.